The first-order chi connectivity index (χ1) is 19.5. The van der Waals surface area contributed by atoms with Crippen LogP contribution in [-0.2, 0) is 13.0 Å². The third kappa shape index (κ3) is 4.41. The Hall–Kier alpha value is -4.85. The molecule has 7 nitrogen and oxygen atoms in total. The quantitative estimate of drug-likeness (QED) is 0.269. The molecule has 3 heterocycles. The van der Waals surface area contributed by atoms with Gasteiger partial charge in [-0.25, -0.2) is 13.9 Å². The lowest BCUT2D eigenvalue weighted by molar-refractivity contribution is 0.194. The second kappa shape index (κ2) is 10.4. The molecule has 202 valence electrons. The molecule has 0 radical (unpaired) electrons. The molecule has 0 spiro atoms. The highest BCUT2D eigenvalue weighted by atomic mass is 19.1. The van der Waals surface area contributed by atoms with E-state index in [1.165, 1.54) is 6.07 Å². The highest BCUT2D eigenvalue weighted by molar-refractivity contribution is 5.90. The number of nitrogens with one attached hydrogen (secondary N) is 1. The van der Waals surface area contributed by atoms with E-state index in [0.29, 0.717) is 24.2 Å². The van der Waals surface area contributed by atoms with Gasteiger partial charge in [-0.15, -0.1) is 0 Å². The molecule has 0 fully saturated rings. The fourth-order valence-corrected chi connectivity index (χ4v) is 5.35. The molecule has 0 aliphatic carbocycles. The molecule has 2 amide bonds. The zero-order valence-corrected chi connectivity index (χ0v) is 22.6. The van der Waals surface area contributed by atoms with Crippen LogP contribution in [0, 0.1) is 12.7 Å². The van der Waals surface area contributed by atoms with Crippen molar-refractivity contribution in [1.29, 1.82) is 0 Å². The van der Waals surface area contributed by atoms with E-state index in [1.807, 2.05) is 77.6 Å². The van der Waals surface area contributed by atoms with Crippen LogP contribution in [0.4, 0.5) is 14.9 Å². The number of hydrogen-bond acceptors (Lipinski definition) is 3. The van der Waals surface area contributed by atoms with Gasteiger partial charge in [0, 0.05) is 17.4 Å². The Morgan fingerprint density at radius 3 is 2.52 bits per heavy atom. The van der Waals surface area contributed by atoms with Crippen LogP contribution in [0.15, 0.2) is 91.1 Å². The number of nitrogens with zero attached hydrogens (tertiary/aromatic N) is 4. The van der Waals surface area contributed by atoms with Gasteiger partial charge in [0.05, 0.1) is 36.8 Å². The van der Waals surface area contributed by atoms with Gasteiger partial charge in [-0.2, -0.15) is 5.10 Å². The van der Waals surface area contributed by atoms with Gasteiger partial charge in [-0.3, -0.25) is 0 Å². The molecule has 0 saturated heterocycles. The van der Waals surface area contributed by atoms with Gasteiger partial charge in [-0.1, -0.05) is 43.3 Å². The summed E-state index contributed by atoms with van der Waals surface area (Å²) >= 11 is 0. The van der Waals surface area contributed by atoms with Crippen LogP contribution < -0.4 is 10.1 Å². The molecule has 1 unspecified atom stereocenters. The standard InChI is InChI=1S/C32H30FN5O2/c1-4-28-26-20-37(32(39)34-23-15-12-21(2)27(33)19-23)30(22-13-16-25(40-3)17-14-22)29-11-8-18-36(29)31(26)38(35-28)24-9-6-5-7-10-24/h5-19,30H,4,20H2,1-3H3,(H,34,39). The molecule has 8 heteroatoms. The number of fused-ring (bicyclic) bond motifs is 3. The molecule has 6 rings (SSSR count). The highest BCUT2D eigenvalue weighted by Crippen LogP contribution is 2.39. The van der Waals surface area contributed by atoms with Crippen LogP contribution >= 0.6 is 0 Å². The van der Waals surface area contributed by atoms with E-state index in [9.17, 15) is 9.18 Å². The summed E-state index contributed by atoms with van der Waals surface area (Å²) in [5.41, 5.74) is 5.57. The molecule has 1 N–H and O–H groups in total. The Morgan fingerprint density at radius 2 is 1.82 bits per heavy atom. The number of hydrogen-bond donors (Lipinski definition) is 1. The fourth-order valence-electron chi connectivity index (χ4n) is 5.35. The Kier molecular flexibility index (Phi) is 6.59. The SMILES string of the molecule is CCc1nn(-c2ccccc2)c2c1CN(C(=O)Nc1ccc(C)c(F)c1)C(c1ccc(OC)cc1)c1cccn1-2. The molecule has 1 atom stereocenters. The van der Waals surface area contributed by atoms with Gasteiger partial charge in [0.15, 0.2) is 0 Å². The van der Waals surface area contributed by atoms with Crippen LogP contribution in [0.25, 0.3) is 11.5 Å². The van der Waals surface area contributed by atoms with Gasteiger partial charge < -0.3 is 19.5 Å². The number of methoxy groups -OCH3 is 1. The second-order valence-corrected chi connectivity index (χ2v) is 9.85. The number of urea groups is 1. The Morgan fingerprint density at radius 1 is 1.05 bits per heavy atom. The number of anilines is 1. The number of aryl methyl sites for hydroxylation is 2. The minimum absolute atomic E-state index is 0.309. The molecule has 5 aromatic rings. The van der Waals surface area contributed by atoms with Gasteiger partial charge >= 0.3 is 6.03 Å². The first kappa shape index (κ1) is 25.4. The third-order valence-corrected chi connectivity index (χ3v) is 7.42. The lowest BCUT2D eigenvalue weighted by Crippen LogP contribution is -2.38. The summed E-state index contributed by atoms with van der Waals surface area (Å²) in [6.07, 6.45) is 2.71. The zero-order chi connectivity index (χ0) is 27.8. The molecule has 2 aromatic heterocycles. The number of amides is 2. The maximum Gasteiger partial charge on any atom is 0.322 e. The fraction of sp³-hybridized carbons (Fsp3) is 0.188. The number of halogens is 1. The van der Waals surface area contributed by atoms with E-state index in [0.717, 1.165) is 39.8 Å². The van der Waals surface area contributed by atoms with Crippen LogP contribution in [0.3, 0.4) is 0 Å². The van der Waals surface area contributed by atoms with E-state index in [2.05, 4.69) is 16.8 Å². The molecule has 1 aliphatic heterocycles. The van der Waals surface area contributed by atoms with Crippen molar-refractivity contribution in [2.75, 3.05) is 12.4 Å². The number of ether oxygens (including phenoxy) is 1. The zero-order valence-electron chi connectivity index (χ0n) is 22.6. The first-order valence-electron chi connectivity index (χ1n) is 13.3. The maximum atomic E-state index is 14.4. The average Bonchev–Trinajstić information content (AvgIpc) is 3.56. The van der Waals surface area contributed by atoms with Gasteiger partial charge in [0.2, 0.25) is 0 Å². The number of para-hydroxylation sites is 1. The van der Waals surface area contributed by atoms with Crippen molar-refractivity contribution in [2.24, 2.45) is 0 Å². The molecule has 40 heavy (non-hydrogen) atoms. The summed E-state index contributed by atoms with van der Waals surface area (Å²) < 4.78 is 23.9. The largest absolute Gasteiger partial charge is 0.497 e. The summed E-state index contributed by atoms with van der Waals surface area (Å²) in [5.74, 6) is 1.27. The second-order valence-electron chi connectivity index (χ2n) is 9.85. The van der Waals surface area contributed by atoms with Crippen molar-refractivity contribution in [3.05, 3.63) is 125 Å². The van der Waals surface area contributed by atoms with Crippen molar-refractivity contribution in [2.45, 2.75) is 32.9 Å². The molecular weight excluding hydrogens is 505 g/mol. The monoisotopic (exact) mass is 535 g/mol. The predicted molar refractivity (Wildman–Crippen MR) is 153 cm³/mol. The summed E-state index contributed by atoms with van der Waals surface area (Å²) in [4.78, 5) is 15.9. The smallest absolute Gasteiger partial charge is 0.322 e. The minimum atomic E-state index is -0.433. The normalized spacial score (nSPS) is 14.3. The molecule has 1 aliphatic rings. The van der Waals surface area contributed by atoms with E-state index in [4.69, 9.17) is 9.84 Å². The van der Waals surface area contributed by atoms with Crippen molar-refractivity contribution in [3.8, 4) is 17.3 Å². The Balaban J connectivity index is 1.53. The van der Waals surface area contributed by atoms with E-state index in [1.54, 1.807) is 31.1 Å². The van der Waals surface area contributed by atoms with Crippen molar-refractivity contribution in [1.82, 2.24) is 19.2 Å². The maximum absolute atomic E-state index is 14.4. The molecular formula is C32H30FN5O2. The van der Waals surface area contributed by atoms with Gasteiger partial charge in [0.1, 0.15) is 17.4 Å². The summed E-state index contributed by atoms with van der Waals surface area (Å²) in [7, 11) is 1.63. The van der Waals surface area contributed by atoms with Gasteiger partial charge in [0.25, 0.3) is 0 Å². The van der Waals surface area contributed by atoms with E-state index in [-0.39, 0.29) is 11.8 Å². The minimum Gasteiger partial charge on any atom is -0.497 e. The summed E-state index contributed by atoms with van der Waals surface area (Å²) in [6, 6.07) is 25.7. The van der Waals surface area contributed by atoms with Crippen LogP contribution in [-0.4, -0.2) is 32.4 Å². The van der Waals surface area contributed by atoms with Crippen LogP contribution in [0.5, 0.6) is 5.75 Å². The van der Waals surface area contributed by atoms with Crippen LogP contribution in [0.1, 0.15) is 41.0 Å². The molecule has 3 aromatic carbocycles. The van der Waals surface area contributed by atoms with Crippen LogP contribution in [0.2, 0.25) is 0 Å². The molecule has 0 bridgehead atoms. The topological polar surface area (TPSA) is 64.3 Å². The van der Waals surface area contributed by atoms with Crippen molar-refractivity contribution < 1.29 is 13.9 Å². The number of aromatic nitrogens is 3. The van der Waals surface area contributed by atoms with E-state index >= 15 is 0 Å². The highest BCUT2D eigenvalue weighted by Gasteiger charge is 2.36. The lowest BCUT2D eigenvalue weighted by Gasteiger charge is -2.31. The lowest BCUT2D eigenvalue weighted by atomic mass is 10.0. The van der Waals surface area contributed by atoms with Crippen molar-refractivity contribution in [3.63, 3.8) is 0 Å². The van der Waals surface area contributed by atoms with Crippen molar-refractivity contribution >= 4 is 11.7 Å². The number of benzene rings is 3. The summed E-state index contributed by atoms with van der Waals surface area (Å²) in [6.45, 7) is 4.07. The molecule has 0 saturated carbocycles. The number of carbonyl (C=O) groups is 1. The van der Waals surface area contributed by atoms with E-state index < -0.39 is 6.04 Å². The average molecular weight is 536 g/mol. The first-order valence-corrected chi connectivity index (χ1v) is 13.3. The van der Waals surface area contributed by atoms with Gasteiger partial charge in [-0.05, 0) is 73.0 Å². The summed E-state index contributed by atoms with van der Waals surface area (Å²) in [5, 5.41) is 7.94. The number of carbonyl (C=O) groups excluding carboxylic acids is 1. The Labute approximate surface area is 232 Å². The number of rotatable bonds is 5. The Bertz CT molecular complexity index is 1670. The third-order valence-electron chi connectivity index (χ3n) is 7.42. The predicted octanol–water partition coefficient (Wildman–Crippen LogP) is 6.82.